The van der Waals surface area contributed by atoms with Crippen molar-refractivity contribution in [1.29, 1.82) is 0 Å². The zero-order valence-electron chi connectivity index (χ0n) is 13.6. The highest BCUT2D eigenvalue weighted by molar-refractivity contribution is 7.21. The Morgan fingerprint density at radius 3 is 2.62 bits per heavy atom. The third-order valence-corrected chi connectivity index (χ3v) is 5.87. The van der Waals surface area contributed by atoms with Gasteiger partial charge in [-0.15, -0.1) is 16.4 Å². The lowest BCUT2D eigenvalue weighted by molar-refractivity contribution is -0.123. The summed E-state index contributed by atoms with van der Waals surface area (Å²) in [6.45, 7) is 4.89. The van der Waals surface area contributed by atoms with Crippen molar-refractivity contribution in [3.8, 4) is 0 Å². The van der Waals surface area contributed by atoms with Gasteiger partial charge in [0.25, 0.3) is 5.91 Å². The van der Waals surface area contributed by atoms with Gasteiger partial charge in [0.05, 0.1) is 17.4 Å². The van der Waals surface area contributed by atoms with E-state index >= 15 is 0 Å². The summed E-state index contributed by atoms with van der Waals surface area (Å²) in [5.74, 6) is 0.220. The van der Waals surface area contributed by atoms with Gasteiger partial charge in [0.1, 0.15) is 9.71 Å². The second-order valence-corrected chi connectivity index (χ2v) is 7.62. The van der Waals surface area contributed by atoms with Gasteiger partial charge in [0, 0.05) is 24.4 Å². The fourth-order valence-corrected chi connectivity index (χ4v) is 4.01. The first kappa shape index (κ1) is 15.3. The molecule has 2 fully saturated rings. The molecule has 1 saturated heterocycles. The number of likely N-dealkylation sites (tertiary alicyclic amines) is 1. The van der Waals surface area contributed by atoms with Gasteiger partial charge in [-0.2, -0.15) is 5.10 Å². The molecule has 0 unspecified atom stereocenters. The molecule has 0 radical (unpaired) electrons. The molecule has 7 nitrogen and oxygen atoms in total. The molecule has 4 rings (SSSR count). The summed E-state index contributed by atoms with van der Waals surface area (Å²) >= 11 is 1.29. The molecule has 2 aromatic rings. The number of thiophene rings is 1. The van der Waals surface area contributed by atoms with Crippen LogP contribution < -0.4 is 11.1 Å². The molecule has 126 valence electrons. The van der Waals surface area contributed by atoms with Crippen LogP contribution in [0.3, 0.4) is 0 Å². The summed E-state index contributed by atoms with van der Waals surface area (Å²) in [4.78, 5) is 27.4. The SMILES string of the molecule is Cc1nnc2sc(C(=O)N3CC(NC(=O)C4CC4)C3)c(N)c2c1C. The largest absolute Gasteiger partial charge is 0.397 e. The van der Waals surface area contributed by atoms with Crippen LogP contribution >= 0.6 is 11.3 Å². The summed E-state index contributed by atoms with van der Waals surface area (Å²) in [5, 5.41) is 12.1. The first-order valence-corrected chi connectivity index (χ1v) is 8.89. The lowest BCUT2D eigenvalue weighted by atomic mass is 10.1. The number of hydrogen-bond acceptors (Lipinski definition) is 6. The molecule has 0 spiro atoms. The van der Waals surface area contributed by atoms with Gasteiger partial charge in [-0.05, 0) is 32.3 Å². The second kappa shape index (κ2) is 5.41. The van der Waals surface area contributed by atoms with E-state index < -0.39 is 0 Å². The van der Waals surface area contributed by atoms with E-state index in [0.29, 0.717) is 28.5 Å². The molecule has 0 aromatic carbocycles. The van der Waals surface area contributed by atoms with Crippen molar-refractivity contribution in [2.24, 2.45) is 5.92 Å². The molecule has 0 bridgehead atoms. The number of fused-ring (bicyclic) bond motifs is 1. The second-order valence-electron chi connectivity index (χ2n) is 6.63. The maximum atomic E-state index is 12.7. The number of rotatable bonds is 3. The normalized spacial score (nSPS) is 17.8. The van der Waals surface area contributed by atoms with E-state index in [0.717, 1.165) is 29.5 Å². The van der Waals surface area contributed by atoms with E-state index in [-0.39, 0.29) is 23.8 Å². The number of aromatic nitrogens is 2. The van der Waals surface area contributed by atoms with Crippen LogP contribution in [0.1, 0.15) is 33.8 Å². The van der Waals surface area contributed by atoms with Crippen LogP contribution in [0.2, 0.25) is 0 Å². The Labute approximate surface area is 143 Å². The molecule has 2 aromatic heterocycles. The molecular formula is C16H19N5O2S. The average Bonchev–Trinajstić information content (AvgIpc) is 3.30. The molecule has 0 atom stereocenters. The zero-order chi connectivity index (χ0) is 17.0. The van der Waals surface area contributed by atoms with Gasteiger partial charge in [-0.3, -0.25) is 9.59 Å². The summed E-state index contributed by atoms with van der Waals surface area (Å²) in [7, 11) is 0. The summed E-state index contributed by atoms with van der Waals surface area (Å²) in [6.07, 6.45) is 1.97. The maximum Gasteiger partial charge on any atom is 0.266 e. The number of nitrogens with one attached hydrogen (secondary N) is 1. The molecule has 2 aliphatic rings. The van der Waals surface area contributed by atoms with E-state index in [4.69, 9.17) is 5.73 Å². The number of nitrogen functional groups attached to an aromatic ring is 1. The van der Waals surface area contributed by atoms with Crippen molar-refractivity contribution >= 4 is 39.1 Å². The molecule has 2 amide bonds. The molecule has 24 heavy (non-hydrogen) atoms. The zero-order valence-corrected chi connectivity index (χ0v) is 14.4. The monoisotopic (exact) mass is 345 g/mol. The standard InChI is InChI=1S/C16H19N5O2S/c1-7-8(2)19-20-15-11(7)12(17)13(24-15)16(23)21-5-10(6-21)18-14(22)9-3-4-9/h9-10H,3-6,17H2,1-2H3,(H,18,22). The Balaban J connectivity index is 1.49. The van der Waals surface area contributed by atoms with Gasteiger partial charge in [0.15, 0.2) is 0 Å². The van der Waals surface area contributed by atoms with Gasteiger partial charge < -0.3 is 16.0 Å². The summed E-state index contributed by atoms with van der Waals surface area (Å²) in [5.41, 5.74) is 8.48. The molecule has 3 heterocycles. The van der Waals surface area contributed by atoms with Gasteiger partial charge in [0.2, 0.25) is 5.91 Å². The molecule has 1 aliphatic heterocycles. The Kier molecular flexibility index (Phi) is 3.45. The van der Waals surface area contributed by atoms with Crippen molar-refractivity contribution < 1.29 is 9.59 Å². The topological polar surface area (TPSA) is 101 Å². The minimum atomic E-state index is -0.0931. The van der Waals surface area contributed by atoms with E-state index in [1.54, 1.807) is 4.90 Å². The van der Waals surface area contributed by atoms with Crippen LogP contribution in [0.4, 0.5) is 5.69 Å². The van der Waals surface area contributed by atoms with Crippen molar-refractivity contribution in [3.05, 3.63) is 16.1 Å². The minimum Gasteiger partial charge on any atom is -0.397 e. The Morgan fingerprint density at radius 1 is 1.25 bits per heavy atom. The molecule has 1 aliphatic carbocycles. The van der Waals surface area contributed by atoms with Gasteiger partial charge >= 0.3 is 0 Å². The van der Waals surface area contributed by atoms with Gasteiger partial charge in [-0.1, -0.05) is 0 Å². The van der Waals surface area contributed by atoms with Crippen LogP contribution in [-0.2, 0) is 4.79 Å². The van der Waals surface area contributed by atoms with Crippen molar-refractivity contribution in [1.82, 2.24) is 20.4 Å². The molecule has 8 heteroatoms. The number of carbonyl (C=O) groups is 2. The van der Waals surface area contributed by atoms with Crippen LogP contribution in [0.5, 0.6) is 0 Å². The number of hydrogen-bond donors (Lipinski definition) is 2. The van der Waals surface area contributed by atoms with Crippen LogP contribution in [0.25, 0.3) is 10.2 Å². The summed E-state index contributed by atoms with van der Waals surface area (Å²) < 4.78 is 0. The molecule has 1 saturated carbocycles. The van der Waals surface area contributed by atoms with Crippen molar-refractivity contribution in [2.45, 2.75) is 32.7 Å². The number of amides is 2. The average molecular weight is 345 g/mol. The Bertz CT molecular complexity index is 852. The van der Waals surface area contributed by atoms with Crippen LogP contribution in [0, 0.1) is 19.8 Å². The van der Waals surface area contributed by atoms with E-state index in [9.17, 15) is 9.59 Å². The third-order valence-electron chi connectivity index (χ3n) is 4.79. The number of nitrogens with two attached hydrogens (primary N) is 1. The number of aryl methyl sites for hydroxylation is 2. The maximum absolute atomic E-state index is 12.7. The summed E-state index contributed by atoms with van der Waals surface area (Å²) in [6, 6.07) is 0.0569. The lowest BCUT2D eigenvalue weighted by Gasteiger charge is -2.39. The van der Waals surface area contributed by atoms with Crippen LogP contribution in [0.15, 0.2) is 0 Å². The fourth-order valence-electron chi connectivity index (χ4n) is 2.94. The predicted molar refractivity (Wildman–Crippen MR) is 91.9 cm³/mol. The quantitative estimate of drug-likeness (QED) is 0.871. The molecular weight excluding hydrogens is 326 g/mol. The molecule has 3 N–H and O–H groups in total. The highest BCUT2D eigenvalue weighted by atomic mass is 32.1. The Morgan fingerprint density at radius 2 is 1.96 bits per heavy atom. The number of nitrogens with zero attached hydrogens (tertiary/aromatic N) is 3. The van der Waals surface area contributed by atoms with Crippen molar-refractivity contribution in [2.75, 3.05) is 18.8 Å². The highest BCUT2D eigenvalue weighted by Crippen LogP contribution is 2.36. The fraction of sp³-hybridized carbons (Fsp3) is 0.500. The lowest BCUT2D eigenvalue weighted by Crippen LogP contribution is -2.61. The first-order chi connectivity index (χ1) is 11.5. The van der Waals surface area contributed by atoms with Crippen molar-refractivity contribution in [3.63, 3.8) is 0 Å². The first-order valence-electron chi connectivity index (χ1n) is 8.07. The number of anilines is 1. The van der Waals surface area contributed by atoms with E-state index in [1.165, 1.54) is 11.3 Å². The minimum absolute atomic E-state index is 0.0569. The smallest absolute Gasteiger partial charge is 0.266 e. The number of carbonyl (C=O) groups excluding carboxylic acids is 2. The highest BCUT2D eigenvalue weighted by Gasteiger charge is 2.37. The van der Waals surface area contributed by atoms with E-state index in [2.05, 4.69) is 15.5 Å². The van der Waals surface area contributed by atoms with Gasteiger partial charge in [-0.25, -0.2) is 0 Å². The third kappa shape index (κ3) is 2.41. The van der Waals surface area contributed by atoms with E-state index in [1.807, 2.05) is 13.8 Å². The Hall–Kier alpha value is -2.22. The predicted octanol–water partition coefficient (Wildman–Crippen LogP) is 1.24. The van der Waals surface area contributed by atoms with Crippen LogP contribution in [-0.4, -0.2) is 46.0 Å².